The minimum absolute atomic E-state index is 0.0161. The Morgan fingerprint density at radius 1 is 1.50 bits per heavy atom. The number of ketones is 1. The third-order valence-electron chi connectivity index (χ3n) is 3.23. The molecular weight excluding hydrogens is 204 g/mol. The maximum atomic E-state index is 11.6. The van der Waals surface area contributed by atoms with E-state index in [1.165, 1.54) is 0 Å². The second-order valence-corrected chi connectivity index (χ2v) is 4.43. The lowest BCUT2D eigenvalue weighted by Crippen LogP contribution is -2.17. The molecular formula is C13H20O3. The standard InChI is InChI=1S/C13H20O3/c1-2-3-4-5-6-11-10(9-13(15)16)7-8-12(11)14/h3-4,10-11H,2,5-9H2,1H3,(H,15,16)/b4-3+/t10-,11?/m0/s1. The van der Waals surface area contributed by atoms with Crippen molar-refractivity contribution in [3.05, 3.63) is 12.2 Å². The fraction of sp³-hybridized carbons (Fsp3) is 0.692. The van der Waals surface area contributed by atoms with Crippen molar-refractivity contribution >= 4 is 11.8 Å². The minimum Gasteiger partial charge on any atom is -0.481 e. The molecule has 1 unspecified atom stereocenters. The summed E-state index contributed by atoms with van der Waals surface area (Å²) >= 11 is 0. The van der Waals surface area contributed by atoms with Crippen molar-refractivity contribution in [1.29, 1.82) is 0 Å². The first-order valence-electron chi connectivity index (χ1n) is 6.04. The van der Waals surface area contributed by atoms with Crippen LogP contribution in [0, 0.1) is 11.8 Å². The van der Waals surface area contributed by atoms with Gasteiger partial charge in [0.2, 0.25) is 0 Å². The van der Waals surface area contributed by atoms with E-state index in [0.717, 1.165) is 25.7 Å². The summed E-state index contributed by atoms with van der Waals surface area (Å²) in [6.07, 6.45) is 8.36. The third kappa shape index (κ3) is 3.80. The van der Waals surface area contributed by atoms with Gasteiger partial charge in [-0.3, -0.25) is 9.59 Å². The largest absolute Gasteiger partial charge is 0.481 e. The molecule has 2 atom stereocenters. The fourth-order valence-electron chi connectivity index (χ4n) is 2.40. The molecule has 0 heterocycles. The Hall–Kier alpha value is -1.12. The van der Waals surface area contributed by atoms with Crippen molar-refractivity contribution in [2.45, 2.75) is 45.4 Å². The summed E-state index contributed by atoms with van der Waals surface area (Å²) in [5.74, 6) is -0.470. The molecule has 0 aromatic rings. The predicted molar refractivity (Wildman–Crippen MR) is 62.1 cm³/mol. The van der Waals surface area contributed by atoms with Gasteiger partial charge in [-0.25, -0.2) is 0 Å². The van der Waals surface area contributed by atoms with Crippen LogP contribution in [0.1, 0.15) is 45.4 Å². The van der Waals surface area contributed by atoms with E-state index in [4.69, 9.17) is 5.11 Å². The number of Topliss-reactive ketones (excluding diaryl/α,β-unsaturated/α-hetero) is 1. The molecule has 3 heteroatoms. The normalized spacial score (nSPS) is 25.4. The van der Waals surface area contributed by atoms with Crippen LogP contribution in [0.25, 0.3) is 0 Å². The Morgan fingerprint density at radius 2 is 2.25 bits per heavy atom. The molecule has 0 spiro atoms. The minimum atomic E-state index is -0.784. The Morgan fingerprint density at radius 3 is 2.88 bits per heavy atom. The number of hydrogen-bond donors (Lipinski definition) is 1. The Bertz CT molecular complexity index is 281. The van der Waals surface area contributed by atoms with E-state index >= 15 is 0 Å². The maximum absolute atomic E-state index is 11.6. The van der Waals surface area contributed by atoms with Crippen LogP contribution in [-0.4, -0.2) is 16.9 Å². The van der Waals surface area contributed by atoms with Gasteiger partial charge in [0.1, 0.15) is 5.78 Å². The molecule has 16 heavy (non-hydrogen) atoms. The van der Waals surface area contributed by atoms with Gasteiger partial charge in [0.05, 0.1) is 0 Å². The lowest BCUT2D eigenvalue weighted by Gasteiger charge is -2.15. The molecule has 3 nitrogen and oxygen atoms in total. The number of carbonyl (C=O) groups excluding carboxylic acids is 1. The topological polar surface area (TPSA) is 54.4 Å². The van der Waals surface area contributed by atoms with E-state index in [-0.39, 0.29) is 24.0 Å². The van der Waals surface area contributed by atoms with Crippen LogP contribution >= 0.6 is 0 Å². The summed E-state index contributed by atoms with van der Waals surface area (Å²) in [7, 11) is 0. The van der Waals surface area contributed by atoms with Gasteiger partial charge in [-0.2, -0.15) is 0 Å². The van der Waals surface area contributed by atoms with E-state index in [9.17, 15) is 9.59 Å². The third-order valence-corrected chi connectivity index (χ3v) is 3.23. The van der Waals surface area contributed by atoms with Gasteiger partial charge >= 0.3 is 5.97 Å². The quantitative estimate of drug-likeness (QED) is 0.706. The summed E-state index contributed by atoms with van der Waals surface area (Å²) in [5.41, 5.74) is 0. The van der Waals surface area contributed by atoms with Crippen molar-refractivity contribution < 1.29 is 14.7 Å². The van der Waals surface area contributed by atoms with Crippen molar-refractivity contribution in [2.75, 3.05) is 0 Å². The molecule has 1 aliphatic carbocycles. The molecule has 1 N–H and O–H groups in total. The average molecular weight is 224 g/mol. The van der Waals surface area contributed by atoms with Crippen molar-refractivity contribution in [3.8, 4) is 0 Å². The molecule has 0 amide bonds. The molecule has 1 fully saturated rings. The second kappa shape index (κ2) is 6.46. The van der Waals surface area contributed by atoms with Crippen molar-refractivity contribution in [2.24, 2.45) is 11.8 Å². The van der Waals surface area contributed by atoms with Crippen LogP contribution in [0.4, 0.5) is 0 Å². The highest BCUT2D eigenvalue weighted by molar-refractivity contribution is 5.84. The summed E-state index contributed by atoms with van der Waals surface area (Å²) in [5, 5.41) is 8.76. The summed E-state index contributed by atoms with van der Waals surface area (Å²) in [4.78, 5) is 22.3. The molecule has 1 saturated carbocycles. The lowest BCUT2D eigenvalue weighted by atomic mass is 9.88. The van der Waals surface area contributed by atoms with E-state index in [0.29, 0.717) is 6.42 Å². The zero-order valence-corrected chi connectivity index (χ0v) is 9.82. The van der Waals surface area contributed by atoms with Crippen molar-refractivity contribution in [1.82, 2.24) is 0 Å². The highest BCUT2D eigenvalue weighted by Gasteiger charge is 2.34. The van der Waals surface area contributed by atoms with Gasteiger partial charge in [-0.15, -0.1) is 0 Å². The summed E-state index contributed by atoms with van der Waals surface area (Å²) in [6.45, 7) is 2.07. The first kappa shape index (κ1) is 12.9. The summed E-state index contributed by atoms with van der Waals surface area (Å²) < 4.78 is 0. The number of carboxylic acids is 1. The van der Waals surface area contributed by atoms with Gasteiger partial charge in [0.15, 0.2) is 0 Å². The first-order valence-corrected chi connectivity index (χ1v) is 6.04. The number of aliphatic carboxylic acids is 1. The zero-order valence-electron chi connectivity index (χ0n) is 9.82. The molecule has 0 saturated heterocycles. The molecule has 0 bridgehead atoms. The molecule has 0 radical (unpaired) electrons. The number of carbonyl (C=O) groups is 2. The first-order chi connectivity index (χ1) is 7.65. The van der Waals surface area contributed by atoms with Gasteiger partial charge in [-0.1, -0.05) is 19.1 Å². The van der Waals surface area contributed by atoms with Gasteiger partial charge in [0.25, 0.3) is 0 Å². The fourth-order valence-corrected chi connectivity index (χ4v) is 2.40. The van der Waals surface area contributed by atoms with Crippen LogP contribution in [0.2, 0.25) is 0 Å². The van der Waals surface area contributed by atoms with Crippen molar-refractivity contribution in [3.63, 3.8) is 0 Å². The van der Waals surface area contributed by atoms with Crippen LogP contribution in [0.15, 0.2) is 12.2 Å². The molecule has 0 aromatic heterocycles. The molecule has 1 aliphatic rings. The Balaban J connectivity index is 2.43. The average Bonchev–Trinajstić information content (AvgIpc) is 2.55. The molecule has 1 rings (SSSR count). The maximum Gasteiger partial charge on any atom is 0.303 e. The Labute approximate surface area is 96.5 Å². The van der Waals surface area contributed by atoms with Gasteiger partial charge < -0.3 is 5.11 Å². The SMILES string of the molecule is CC/C=C/CCC1C(=O)CC[C@H]1CC(=O)O. The Kier molecular flexibility index (Phi) is 5.23. The zero-order chi connectivity index (χ0) is 12.0. The van der Waals surface area contributed by atoms with E-state index in [1.54, 1.807) is 0 Å². The van der Waals surface area contributed by atoms with Gasteiger partial charge in [0, 0.05) is 18.8 Å². The van der Waals surface area contributed by atoms with E-state index in [2.05, 4.69) is 19.1 Å². The summed E-state index contributed by atoms with van der Waals surface area (Å²) in [6, 6.07) is 0. The molecule has 0 aliphatic heterocycles. The number of hydrogen-bond acceptors (Lipinski definition) is 2. The number of rotatable bonds is 6. The van der Waals surface area contributed by atoms with E-state index < -0.39 is 5.97 Å². The van der Waals surface area contributed by atoms with Crippen LogP contribution in [0.3, 0.4) is 0 Å². The highest BCUT2D eigenvalue weighted by atomic mass is 16.4. The van der Waals surface area contributed by atoms with Crippen LogP contribution in [-0.2, 0) is 9.59 Å². The molecule has 0 aromatic carbocycles. The van der Waals surface area contributed by atoms with Crippen LogP contribution in [0.5, 0.6) is 0 Å². The monoisotopic (exact) mass is 224 g/mol. The lowest BCUT2D eigenvalue weighted by molar-refractivity contribution is -0.138. The second-order valence-electron chi connectivity index (χ2n) is 4.43. The number of allylic oxidation sites excluding steroid dienone is 2. The number of carboxylic acid groups (broad SMARTS) is 1. The smallest absolute Gasteiger partial charge is 0.303 e. The van der Waals surface area contributed by atoms with Gasteiger partial charge in [-0.05, 0) is 31.6 Å². The predicted octanol–water partition coefficient (Wildman–Crippen LogP) is 2.80. The highest BCUT2D eigenvalue weighted by Crippen LogP contribution is 2.34. The van der Waals surface area contributed by atoms with E-state index in [1.807, 2.05) is 0 Å². The molecule has 90 valence electrons. The van der Waals surface area contributed by atoms with Crippen LogP contribution < -0.4 is 0 Å².